The first-order chi connectivity index (χ1) is 7.04. The molecule has 3 amide bonds. The lowest BCUT2D eigenvalue weighted by Gasteiger charge is -2.32. The lowest BCUT2D eigenvalue weighted by Crippen LogP contribution is -2.58. The minimum atomic E-state index is -2.14. The first-order valence-corrected chi connectivity index (χ1v) is 4.25. The van der Waals surface area contributed by atoms with Crippen LogP contribution in [-0.2, 0) is 10.5 Å². The van der Waals surface area contributed by atoms with Gasteiger partial charge in [-0.2, -0.15) is 0 Å². The molecule has 0 radical (unpaired) electrons. The Bertz CT molecular complexity index is 446. The molecule has 5 N–H and O–H groups in total. The van der Waals surface area contributed by atoms with E-state index < -0.39 is 17.7 Å². The van der Waals surface area contributed by atoms with Crippen LogP contribution in [0.4, 0.5) is 10.5 Å². The Kier molecular flexibility index (Phi) is 1.87. The number of aliphatic hydroxyl groups is 1. The number of hydrogen-bond acceptors (Lipinski definition) is 3. The van der Waals surface area contributed by atoms with Crippen molar-refractivity contribution in [3.63, 3.8) is 0 Å². The van der Waals surface area contributed by atoms with E-state index in [9.17, 15) is 14.7 Å². The van der Waals surface area contributed by atoms with Crippen molar-refractivity contribution < 1.29 is 14.7 Å². The molecule has 0 aliphatic carbocycles. The second-order valence-corrected chi connectivity index (χ2v) is 3.20. The summed E-state index contributed by atoms with van der Waals surface area (Å²) in [6.45, 7) is 0. The van der Waals surface area contributed by atoms with Crippen LogP contribution in [0.1, 0.15) is 5.56 Å². The second-order valence-electron chi connectivity index (χ2n) is 3.20. The van der Waals surface area contributed by atoms with Gasteiger partial charge in [0.05, 0.1) is 5.69 Å². The molecule has 1 heterocycles. The molecule has 1 unspecified atom stereocenters. The predicted molar refractivity (Wildman–Crippen MR) is 51.7 cm³/mol. The molecule has 0 bridgehead atoms. The van der Waals surface area contributed by atoms with Crippen LogP contribution < -0.4 is 16.4 Å². The minimum absolute atomic E-state index is 0.233. The van der Waals surface area contributed by atoms with Gasteiger partial charge in [0, 0.05) is 5.56 Å². The average Bonchev–Trinajstić information content (AvgIpc) is 2.17. The molecule has 6 nitrogen and oxygen atoms in total. The van der Waals surface area contributed by atoms with E-state index in [2.05, 4.69) is 10.6 Å². The largest absolute Gasteiger partial charge is 0.365 e. The summed E-state index contributed by atoms with van der Waals surface area (Å²) in [6.07, 6.45) is 0. The first-order valence-electron chi connectivity index (χ1n) is 4.25. The van der Waals surface area contributed by atoms with Crippen LogP contribution in [0.15, 0.2) is 24.3 Å². The van der Waals surface area contributed by atoms with Crippen molar-refractivity contribution >= 4 is 17.6 Å². The van der Waals surface area contributed by atoms with Gasteiger partial charge in [-0.05, 0) is 6.07 Å². The Morgan fingerprint density at radius 3 is 2.73 bits per heavy atom. The highest BCUT2D eigenvalue weighted by atomic mass is 16.3. The van der Waals surface area contributed by atoms with Crippen molar-refractivity contribution in [2.45, 2.75) is 5.72 Å². The van der Waals surface area contributed by atoms with Gasteiger partial charge in [-0.3, -0.25) is 10.1 Å². The van der Waals surface area contributed by atoms with E-state index >= 15 is 0 Å². The average molecular weight is 207 g/mol. The van der Waals surface area contributed by atoms with Gasteiger partial charge in [-0.15, -0.1) is 0 Å². The van der Waals surface area contributed by atoms with Crippen LogP contribution in [0, 0.1) is 0 Å². The van der Waals surface area contributed by atoms with Crippen molar-refractivity contribution in [1.82, 2.24) is 5.32 Å². The van der Waals surface area contributed by atoms with Crippen LogP contribution in [0.2, 0.25) is 0 Å². The van der Waals surface area contributed by atoms with Crippen LogP contribution in [0.3, 0.4) is 0 Å². The van der Waals surface area contributed by atoms with Crippen molar-refractivity contribution in [1.29, 1.82) is 0 Å². The van der Waals surface area contributed by atoms with Gasteiger partial charge in [0.2, 0.25) is 5.72 Å². The normalized spacial score (nSPS) is 23.7. The highest BCUT2D eigenvalue weighted by molar-refractivity contribution is 6.00. The Balaban J connectivity index is 2.61. The number of para-hydroxylation sites is 1. The number of benzene rings is 1. The molecule has 0 spiro atoms. The number of anilines is 1. The number of amides is 3. The number of nitrogens with two attached hydrogens (primary N) is 1. The predicted octanol–water partition coefficient (Wildman–Crippen LogP) is -0.548. The molecule has 78 valence electrons. The topological polar surface area (TPSA) is 104 Å². The maximum Gasteiger partial charge on any atom is 0.322 e. The summed E-state index contributed by atoms with van der Waals surface area (Å²) in [7, 11) is 0. The van der Waals surface area contributed by atoms with E-state index in [0.29, 0.717) is 5.69 Å². The Labute approximate surface area is 85.1 Å². The molecule has 1 atom stereocenters. The number of carbonyl (C=O) groups is 2. The van der Waals surface area contributed by atoms with E-state index in [4.69, 9.17) is 5.73 Å². The standard InChI is InChI=1S/C9H9N3O3/c10-7(13)9(15)5-3-1-2-4-6(5)11-8(14)12-9/h1-4,15H,(H2,10,13)(H2,11,12,14). The molecule has 6 heteroatoms. The van der Waals surface area contributed by atoms with E-state index in [1.165, 1.54) is 6.07 Å². The van der Waals surface area contributed by atoms with Gasteiger partial charge in [0.1, 0.15) is 0 Å². The highest BCUT2D eigenvalue weighted by Crippen LogP contribution is 2.29. The molecular weight excluding hydrogens is 198 g/mol. The summed E-state index contributed by atoms with van der Waals surface area (Å²) < 4.78 is 0. The van der Waals surface area contributed by atoms with Gasteiger partial charge < -0.3 is 16.2 Å². The third-order valence-electron chi connectivity index (χ3n) is 2.22. The van der Waals surface area contributed by atoms with Crippen molar-refractivity contribution in [2.75, 3.05) is 5.32 Å². The van der Waals surface area contributed by atoms with Gasteiger partial charge in [0.25, 0.3) is 5.91 Å². The number of nitrogens with one attached hydrogen (secondary N) is 2. The summed E-state index contributed by atoms with van der Waals surface area (Å²) in [6, 6.07) is 5.71. The van der Waals surface area contributed by atoms with Crippen LogP contribution in [0.25, 0.3) is 0 Å². The fourth-order valence-electron chi connectivity index (χ4n) is 1.49. The molecule has 0 saturated heterocycles. The third-order valence-corrected chi connectivity index (χ3v) is 2.22. The van der Waals surface area contributed by atoms with E-state index in [1.807, 2.05) is 0 Å². The minimum Gasteiger partial charge on any atom is -0.365 e. The molecule has 1 aromatic rings. The van der Waals surface area contributed by atoms with E-state index in [-0.39, 0.29) is 5.56 Å². The van der Waals surface area contributed by atoms with Gasteiger partial charge in [0.15, 0.2) is 0 Å². The SMILES string of the molecule is NC(=O)C1(O)NC(=O)Nc2ccccc21. The number of rotatable bonds is 1. The third kappa shape index (κ3) is 1.31. The van der Waals surface area contributed by atoms with Crippen molar-refractivity contribution in [3.8, 4) is 0 Å². The molecule has 15 heavy (non-hydrogen) atoms. The van der Waals surface area contributed by atoms with Crippen molar-refractivity contribution in [3.05, 3.63) is 29.8 Å². The summed E-state index contributed by atoms with van der Waals surface area (Å²) in [5.41, 5.74) is 3.50. The molecule has 0 fully saturated rings. The zero-order valence-electron chi connectivity index (χ0n) is 7.65. The molecule has 0 saturated carbocycles. The van der Waals surface area contributed by atoms with E-state index in [1.54, 1.807) is 18.2 Å². The Morgan fingerprint density at radius 2 is 2.07 bits per heavy atom. The number of primary amides is 1. The van der Waals surface area contributed by atoms with Crippen LogP contribution in [-0.4, -0.2) is 17.0 Å². The van der Waals surface area contributed by atoms with Crippen molar-refractivity contribution in [2.24, 2.45) is 5.73 Å². The molecular formula is C9H9N3O3. The lowest BCUT2D eigenvalue weighted by molar-refractivity contribution is -0.139. The zero-order chi connectivity index (χ0) is 11.1. The second kappa shape index (κ2) is 2.96. The molecule has 1 aromatic carbocycles. The maximum absolute atomic E-state index is 11.2. The van der Waals surface area contributed by atoms with Gasteiger partial charge in [-0.25, -0.2) is 4.79 Å². The lowest BCUT2D eigenvalue weighted by atomic mass is 9.98. The van der Waals surface area contributed by atoms with Gasteiger partial charge in [-0.1, -0.05) is 18.2 Å². The summed E-state index contributed by atoms with van der Waals surface area (Å²) in [5, 5.41) is 14.5. The number of urea groups is 1. The Morgan fingerprint density at radius 1 is 1.40 bits per heavy atom. The molecule has 0 aromatic heterocycles. The number of hydrogen-bond donors (Lipinski definition) is 4. The number of carbonyl (C=O) groups excluding carboxylic acids is 2. The van der Waals surface area contributed by atoms with E-state index in [0.717, 1.165) is 0 Å². The zero-order valence-corrected chi connectivity index (χ0v) is 7.65. The fraction of sp³-hybridized carbons (Fsp3) is 0.111. The summed E-state index contributed by atoms with van der Waals surface area (Å²) in [4.78, 5) is 22.3. The quantitative estimate of drug-likeness (QED) is 0.496. The first kappa shape index (κ1) is 9.47. The van der Waals surface area contributed by atoms with Gasteiger partial charge >= 0.3 is 6.03 Å². The Hall–Kier alpha value is -2.08. The number of fused-ring (bicyclic) bond motifs is 1. The van der Waals surface area contributed by atoms with Crippen LogP contribution >= 0.6 is 0 Å². The molecule has 2 rings (SSSR count). The maximum atomic E-state index is 11.2. The fourth-order valence-corrected chi connectivity index (χ4v) is 1.49. The highest BCUT2D eigenvalue weighted by Gasteiger charge is 2.42. The smallest absolute Gasteiger partial charge is 0.322 e. The van der Waals surface area contributed by atoms with Crippen LogP contribution in [0.5, 0.6) is 0 Å². The molecule has 1 aliphatic heterocycles. The monoisotopic (exact) mass is 207 g/mol. The summed E-state index contributed by atoms with van der Waals surface area (Å²) >= 11 is 0. The summed E-state index contributed by atoms with van der Waals surface area (Å²) in [5.74, 6) is -1.02. The molecule has 1 aliphatic rings.